The van der Waals surface area contributed by atoms with Crippen LogP contribution in [0.25, 0.3) is 0 Å². The van der Waals surface area contributed by atoms with Crippen LogP contribution < -0.4 is 5.32 Å². The highest BCUT2D eigenvalue weighted by Gasteiger charge is 2.36. The molecule has 1 aromatic carbocycles. The second-order valence-corrected chi connectivity index (χ2v) is 6.98. The van der Waals surface area contributed by atoms with E-state index in [4.69, 9.17) is 4.74 Å². The molecule has 30 heavy (non-hydrogen) atoms. The first-order valence-corrected chi connectivity index (χ1v) is 9.24. The van der Waals surface area contributed by atoms with Crippen molar-refractivity contribution in [3.8, 4) is 0 Å². The lowest BCUT2D eigenvalue weighted by atomic mass is 10.1. The average molecular weight is 420 g/mol. The lowest BCUT2D eigenvalue weighted by molar-refractivity contribution is -0.151. The van der Waals surface area contributed by atoms with Crippen LogP contribution in [0.3, 0.4) is 0 Å². The highest BCUT2D eigenvalue weighted by Crippen LogP contribution is 2.21. The van der Waals surface area contributed by atoms with Crippen molar-refractivity contribution in [3.63, 3.8) is 0 Å². The topological polar surface area (TPSA) is 128 Å². The van der Waals surface area contributed by atoms with E-state index in [2.05, 4.69) is 14.8 Å². The van der Waals surface area contributed by atoms with Gasteiger partial charge in [0.25, 0.3) is 5.91 Å². The zero-order valence-electron chi connectivity index (χ0n) is 17.2. The Bertz CT molecular complexity index is 830. The van der Waals surface area contributed by atoms with Crippen LogP contribution in [0, 0.1) is 5.92 Å². The maximum atomic E-state index is 12.2. The van der Waals surface area contributed by atoms with Gasteiger partial charge < -0.3 is 24.4 Å². The number of benzene rings is 1. The lowest BCUT2D eigenvalue weighted by Crippen LogP contribution is -2.33. The van der Waals surface area contributed by atoms with Gasteiger partial charge in [0.05, 0.1) is 31.3 Å². The first-order valence-electron chi connectivity index (χ1n) is 9.24. The van der Waals surface area contributed by atoms with E-state index in [1.165, 1.54) is 32.4 Å². The Kier molecular flexibility index (Phi) is 7.51. The van der Waals surface area contributed by atoms with Crippen molar-refractivity contribution >= 4 is 35.4 Å². The Balaban J connectivity index is 2.00. The van der Waals surface area contributed by atoms with Gasteiger partial charge in [0.15, 0.2) is 6.61 Å². The van der Waals surface area contributed by atoms with Crippen LogP contribution in [0.5, 0.6) is 0 Å². The van der Waals surface area contributed by atoms with Crippen molar-refractivity contribution in [1.29, 1.82) is 0 Å². The molecule has 0 saturated carbocycles. The molecule has 0 aliphatic carbocycles. The van der Waals surface area contributed by atoms with Crippen LogP contribution in [0.4, 0.5) is 5.69 Å². The number of anilines is 1. The molecule has 2 rings (SSSR count). The summed E-state index contributed by atoms with van der Waals surface area (Å²) in [5, 5.41) is 2.45. The number of nitrogens with one attached hydrogen (secondary N) is 1. The molecule has 1 unspecified atom stereocenters. The predicted molar refractivity (Wildman–Crippen MR) is 104 cm³/mol. The van der Waals surface area contributed by atoms with Crippen LogP contribution in [-0.2, 0) is 28.6 Å². The van der Waals surface area contributed by atoms with Gasteiger partial charge in [0.2, 0.25) is 5.91 Å². The molecule has 0 bridgehead atoms. The van der Waals surface area contributed by atoms with Crippen LogP contribution in [0.1, 0.15) is 41.0 Å². The third kappa shape index (κ3) is 5.56. The predicted octanol–water partition coefficient (Wildman–Crippen LogP) is 0.998. The molecule has 1 atom stereocenters. The van der Waals surface area contributed by atoms with Crippen LogP contribution in [0.15, 0.2) is 18.2 Å². The SMILES string of the molecule is COC(=O)c1cc(NC(=O)COC(=O)C2CC(=O)N(C(C)C)C2)cc(C(=O)OC)c1. The first-order chi connectivity index (χ1) is 14.2. The monoisotopic (exact) mass is 420 g/mol. The molecule has 1 aromatic rings. The Morgan fingerprint density at radius 3 is 2.10 bits per heavy atom. The molecule has 0 aromatic heterocycles. The fourth-order valence-corrected chi connectivity index (χ4v) is 3.01. The molecule has 2 amide bonds. The number of likely N-dealkylation sites (tertiary alicyclic amines) is 1. The zero-order chi connectivity index (χ0) is 22.4. The maximum Gasteiger partial charge on any atom is 0.337 e. The number of hydrogen-bond donors (Lipinski definition) is 1. The Morgan fingerprint density at radius 1 is 1.07 bits per heavy atom. The van der Waals surface area contributed by atoms with E-state index in [1.807, 2.05) is 13.8 Å². The normalized spacial score (nSPS) is 15.7. The molecule has 1 N–H and O–H groups in total. The highest BCUT2D eigenvalue weighted by molar-refractivity contribution is 6.00. The second-order valence-electron chi connectivity index (χ2n) is 6.98. The van der Waals surface area contributed by atoms with Gasteiger partial charge in [-0.05, 0) is 32.0 Å². The molecule has 1 heterocycles. The summed E-state index contributed by atoms with van der Waals surface area (Å²) in [6, 6.07) is 3.87. The Hall–Kier alpha value is -3.43. The Morgan fingerprint density at radius 2 is 1.63 bits per heavy atom. The summed E-state index contributed by atoms with van der Waals surface area (Å²) in [5.74, 6) is -3.48. The Labute approximate surface area is 173 Å². The summed E-state index contributed by atoms with van der Waals surface area (Å²) in [7, 11) is 2.36. The van der Waals surface area contributed by atoms with E-state index >= 15 is 0 Å². The van der Waals surface area contributed by atoms with Crippen LogP contribution >= 0.6 is 0 Å². The number of amides is 2. The van der Waals surface area contributed by atoms with Gasteiger partial charge >= 0.3 is 17.9 Å². The number of rotatable bonds is 7. The third-order valence-corrected chi connectivity index (χ3v) is 4.52. The summed E-state index contributed by atoms with van der Waals surface area (Å²) in [5.41, 5.74) is 0.193. The summed E-state index contributed by atoms with van der Waals surface area (Å²) in [4.78, 5) is 61.4. The number of carbonyl (C=O) groups is 5. The molecule has 10 nitrogen and oxygen atoms in total. The molecule has 162 valence electrons. The van der Waals surface area contributed by atoms with Crippen molar-refractivity contribution < 1.29 is 38.2 Å². The van der Waals surface area contributed by atoms with E-state index in [1.54, 1.807) is 4.90 Å². The number of methoxy groups -OCH3 is 2. The van der Waals surface area contributed by atoms with Crippen molar-refractivity contribution in [1.82, 2.24) is 4.90 Å². The van der Waals surface area contributed by atoms with Crippen molar-refractivity contribution in [2.24, 2.45) is 5.92 Å². The van der Waals surface area contributed by atoms with Gasteiger partial charge in [0, 0.05) is 24.7 Å². The van der Waals surface area contributed by atoms with E-state index in [-0.39, 0.29) is 41.7 Å². The van der Waals surface area contributed by atoms with Crippen molar-refractivity contribution in [2.45, 2.75) is 26.3 Å². The molecular weight excluding hydrogens is 396 g/mol. The third-order valence-electron chi connectivity index (χ3n) is 4.52. The smallest absolute Gasteiger partial charge is 0.337 e. The van der Waals surface area contributed by atoms with Gasteiger partial charge in [-0.3, -0.25) is 14.4 Å². The molecule has 1 saturated heterocycles. The maximum absolute atomic E-state index is 12.2. The van der Waals surface area contributed by atoms with Gasteiger partial charge in [0.1, 0.15) is 0 Å². The molecular formula is C20H24N2O8. The number of hydrogen-bond acceptors (Lipinski definition) is 8. The summed E-state index contributed by atoms with van der Waals surface area (Å²) in [6.45, 7) is 3.37. The molecule has 10 heteroatoms. The largest absolute Gasteiger partial charge is 0.465 e. The number of carbonyl (C=O) groups excluding carboxylic acids is 5. The van der Waals surface area contributed by atoms with Gasteiger partial charge in [-0.1, -0.05) is 0 Å². The lowest BCUT2D eigenvalue weighted by Gasteiger charge is -2.20. The summed E-state index contributed by atoms with van der Waals surface area (Å²) < 4.78 is 14.3. The summed E-state index contributed by atoms with van der Waals surface area (Å²) >= 11 is 0. The molecule has 0 spiro atoms. The molecule has 1 fully saturated rings. The minimum Gasteiger partial charge on any atom is -0.465 e. The van der Waals surface area contributed by atoms with E-state index in [0.717, 1.165) is 0 Å². The molecule has 0 radical (unpaired) electrons. The first kappa shape index (κ1) is 22.9. The van der Waals surface area contributed by atoms with Crippen molar-refractivity contribution in [3.05, 3.63) is 29.3 Å². The average Bonchev–Trinajstić information content (AvgIpc) is 3.12. The molecule has 1 aliphatic heterocycles. The van der Waals surface area contributed by atoms with Crippen LogP contribution in [-0.4, -0.2) is 68.0 Å². The zero-order valence-corrected chi connectivity index (χ0v) is 17.2. The van der Waals surface area contributed by atoms with E-state index in [9.17, 15) is 24.0 Å². The van der Waals surface area contributed by atoms with Gasteiger partial charge in [-0.2, -0.15) is 0 Å². The number of esters is 3. The quantitative estimate of drug-likeness (QED) is 0.511. The number of nitrogens with zero attached hydrogens (tertiary/aromatic N) is 1. The van der Waals surface area contributed by atoms with E-state index in [0.29, 0.717) is 0 Å². The fraction of sp³-hybridized carbons (Fsp3) is 0.450. The minimum atomic E-state index is -0.705. The minimum absolute atomic E-state index is 0.0234. The van der Waals surface area contributed by atoms with Crippen LogP contribution in [0.2, 0.25) is 0 Å². The van der Waals surface area contributed by atoms with Gasteiger partial charge in [-0.25, -0.2) is 9.59 Å². The van der Waals surface area contributed by atoms with Crippen molar-refractivity contribution in [2.75, 3.05) is 32.7 Å². The molecule has 1 aliphatic rings. The summed E-state index contributed by atoms with van der Waals surface area (Å²) in [6.07, 6.45) is 0.0439. The highest BCUT2D eigenvalue weighted by atomic mass is 16.5. The second kappa shape index (κ2) is 9.86. The standard InChI is InChI=1S/C20H24N2O8/c1-11(2)22-9-14(8-17(22)24)20(27)30-10-16(23)21-15-6-12(18(25)28-3)5-13(7-15)19(26)29-4/h5-7,11,14H,8-10H2,1-4H3,(H,21,23). The fourth-order valence-electron chi connectivity index (χ4n) is 3.01. The van der Waals surface area contributed by atoms with Gasteiger partial charge in [-0.15, -0.1) is 0 Å². The van der Waals surface area contributed by atoms with E-state index < -0.39 is 36.3 Å². The number of ether oxygens (including phenoxy) is 3.